The van der Waals surface area contributed by atoms with Crippen LogP contribution in [0.4, 0.5) is 0 Å². The average molecular weight is 200 g/mol. The Kier molecular flexibility index (Phi) is 3.02. The van der Waals surface area contributed by atoms with Gasteiger partial charge in [-0.15, -0.1) is 11.3 Å². The number of carbonyl (C=O) groups excluding carboxylic acids is 2. The van der Waals surface area contributed by atoms with Crippen molar-refractivity contribution >= 4 is 23.6 Å². The molecule has 0 unspecified atom stereocenters. The van der Waals surface area contributed by atoms with Crippen molar-refractivity contribution < 1.29 is 19.1 Å². The van der Waals surface area contributed by atoms with Crippen molar-refractivity contribution in [2.45, 2.75) is 0 Å². The number of hydrogen-bond donors (Lipinski definition) is 0. The molecule has 0 radical (unpaired) electrons. The molecule has 0 bridgehead atoms. The van der Waals surface area contributed by atoms with E-state index in [1.165, 1.54) is 20.3 Å². The van der Waals surface area contributed by atoms with Gasteiger partial charge in [0.25, 0.3) is 0 Å². The SMILES string of the molecule is COC(=O)c1cc(OC)c(C=O)s1. The van der Waals surface area contributed by atoms with E-state index in [0.29, 0.717) is 21.8 Å². The summed E-state index contributed by atoms with van der Waals surface area (Å²) >= 11 is 1.05. The zero-order valence-corrected chi connectivity index (χ0v) is 8.01. The van der Waals surface area contributed by atoms with E-state index < -0.39 is 5.97 Å². The lowest BCUT2D eigenvalue weighted by Crippen LogP contribution is -1.96. The zero-order valence-electron chi connectivity index (χ0n) is 7.20. The summed E-state index contributed by atoms with van der Waals surface area (Å²) in [5.74, 6) is -0.0585. The number of aldehydes is 1. The Morgan fingerprint density at radius 2 is 2.23 bits per heavy atom. The van der Waals surface area contributed by atoms with Gasteiger partial charge in [-0.3, -0.25) is 4.79 Å². The first-order valence-corrected chi connectivity index (χ1v) is 4.26. The fourth-order valence-corrected chi connectivity index (χ4v) is 1.69. The molecule has 0 aliphatic rings. The molecule has 0 amide bonds. The highest BCUT2D eigenvalue weighted by molar-refractivity contribution is 7.15. The van der Waals surface area contributed by atoms with Gasteiger partial charge >= 0.3 is 5.97 Å². The number of esters is 1. The number of methoxy groups -OCH3 is 2. The van der Waals surface area contributed by atoms with Crippen molar-refractivity contribution in [3.05, 3.63) is 15.8 Å². The molecule has 1 aromatic rings. The van der Waals surface area contributed by atoms with E-state index in [4.69, 9.17) is 4.74 Å². The van der Waals surface area contributed by atoms with E-state index >= 15 is 0 Å². The zero-order chi connectivity index (χ0) is 9.84. The predicted molar refractivity (Wildman–Crippen MR) is 47.6 cm³/mol. The summed E-state index contributed by atoms with van der Waals surface area (Å²) in [7, 11) is 2.73. The van der Waals surface area contributed by atoms with Crippen LogP contribution in [0.1, 0.15) is 19.3 Å². The summed E-state index contributed by atoms with van der Waals surface area (Å²) in [6.45, 7) is 0. The first-order chi connectivity index (χ1) is 6.22. The number of thiophene rings is 1. The molecule has 0 saturated carbocycles. The van der Waals surface area contributed by atoms with Gasteiger partial charge in [-0.1, -0.05) is 0 Å². The quantitative estimate of drug-likeness (QED) is 0.546. The van der Waals surface area contributed by atoms with Crippen LogP contribution in [0.5, 0.6) is 5.75 Å². The molecule has 0 fully saturated rings. The molecular formula is C8H8O4S. The third kappa shape index (κ3) is 1.86. The lowest BCUT2D eigenvalue weighted by atomic mass is 10.4. The maximum atomic E-state index is 11.0. The second-order valence-electron chi connectivity index (χ2n) is 2.15. The van der Waals surface area contributed by atoms with Crippen LogP contribution in [0.15, 0.2) is 6.07 Å². The number of hydrogen-bond acceptors (Lipinski definition) is 5. The van der Waals surface area contributed by atoms with Crippen LogP contribution in [-0.2, 0) is 4.74 Å². The Bertz CT molecular complexity index is 329. The van der Waals surface area contributed by atoms with E-state index in [0.717, 1.165) is 11.3 Å². The number of carbonyl (C=O) groups is 2. The van der Waals surface area contributed by atoms with Gasteiger partial charge in [-0.2, -0.15) is 0 Å². The topological polar surface area (TPSA) is 52.6 Å². The first-order valence-electron chi connectivity index (χ1n) is 3.44. The minimum atomic E-state index is -0.462. The van der Waals surface area contributed by atoms with Crippen LogP contribution in [0.25, 0.3) is 0 Å². The molecule has 0 aliphatic carbocycles. The highest BCUT2D eigenvalue weighted by Crippen LogP contribution is 2.27. The third-order valence-electron chi connectivity index (χ3n) is 1.44. The first kappa shape index (κ1) is 9.73. The van der Waals surface area contributed by atoms with E-state index in [1.54, 1.807) is 0 Å². The Morgan fingerprint density at radius 3 is 2.62 bits per heavy atom. The molecule has 1 aromatic heterocycles. The molecule has 5 heteroatoms. The summed E-state index contributed by atoms with van der Waals surface area (Å²) in [6, 6.07) is 1.49. The van der Waals surface area contributed by atoms with Gasteiger partial charge in [0.2, 0.25) is 0 Å². The van der Waals surface area contributed by atoms with Crippen molar-refractivity contribution in [3.63, 3.8) is 0 Å². The largest absolute Gasteiger partial charge is 0.495 e. The van der Waals surface area contributed by atoms with Crippen molar-refractivity contribution in [1.82, 2.24) is 0 Å². The molecule has 0 aliphatic heterocycles. The molecule has 4 nitrogen and oxygen atoms in total. The summed E-state index contributed by atoms with van der Waals surface area (Å²) in [6.07, 6.45) is 0.649. The molecule has 1 rings (SSSR count). The molecule has 0 atom stereocenters. The molecule has 0 N–H and O–H groups in total. The van der Waals surface area contributed by atoms with Crippen LogP contribution in [-0.4, -0.2) is 26.5 Å². The minimum Gasteiger partial charge on any atom is -0.495 e. The van der Waals surface area contributed by atoms with Gasteiger partial charge in [0, 0.05) is 6.07 Å². The van der Waals surface area contributed by atoms with Gasteiger partial charge in [0.05, 0.1) is 14.2 Å². The van der Waals surface area contributed by atoms with Gasteiger partial charge in [-0.25, -0.2) is 4.79 Å². The summed E-state index contributed by atoms with van der Waals surface area (Å²) in [4.78, 5) is 22.3. The maximum Gasteiger partial charge on any atom is 0.348 e. The van der Waals surface area contributed by atoms with Gasteiger partial charge < -0.3 is 9.47 Å². The minimum absolute atomic E-state index is 0.362. The Morgan fingerprint density at radius 1 is 1.54 bits per heavy atom. The average Bonchev–Trinajstić information content (AvgIpc) is 2.59. The van der Waals surface area contributed by atoms with Crippen LogP contribution < -0.4 is 4.74 Å². The monoisotopic (exact) mass is 200 g/mol. The predicted octanol–water partition coefficient (Wildman–Crippen LogP) is 1.36. The molecule has 13 heavy (non-hydrogen) atoms. The van der Waals surface area contributed by atoms with Crippen LogP contribution in [0, 0.1) is 0 Å². The number of ether oxygens (including phenoxy) is 2. The van der Waals surface area contributed by atoms with Gasteiger partial charge in [-0.05, 0) is 0 Å². The third-order valence-corrected chi connectivity index (χ3v) is 2.46. The lowest BCUT2D eigenvalue weighted by Gasteiger charge is -1.92. The molecule has 70 valence electrons. The number of rotatable bonds is 3. The van der Waals surface area contributed by atoms with Crippen LogP contribution >= 0.6 is 11.3 Å². The second kappa shape index (κ2) is 4.04. The highest BCUT2D eigenvalue weighted by atomic mass is 32.1. The van der Waals surface area contributed by atoms with E-state index in [-0.39, 0.29) is 0 Å². The summed E-state index contributed by atoms with van der Waals surface area (Å²) in [5, 5.41) is 0. The van der Waals surface area contributed by atoms with Crippen molar-refractivity contribution in [3.8, 4) is 5.75 Å². The maximum absolute atomic E-state index is 11.0. The van der Waals surface area contributed by atoms with E-state index in [2.05, 4.69) is 4.74 Å². The second-order valence-corrected chi connectivity index (χ2v) is 3.24. The van der Waals surface area contributed by atoms with Crippen molar-refractivity contribution in [2.75, 3.05) is 14.2 Å². The Labute approximate surface area is 79.1 Å². The normalized spacial score (nSPS) is 9.38. The van der Waals surface area contributed by atoms with Crippen LogP contribution in [0.2, 0.25) is 0 Å². The molecule has 1 heterocycles. The van der Waals surface area contributed by atoms with Crippen LogP contribution in [0.3, 0.4) is 0 Å². The molecular weight excluding hydrogens is 192 g/mol. The molecule has 0 aromatic carbocycles. The fraction of sp³-hybridized carbons (Fsp3) is 0.250. The van der Waals surface area contributed by atoms with Gasteiger partial charge in [0.1, 0.15) is 15.5 Å². The summed E-state index contributed by atoms with van der Waals surface area (Å²) in [5.41, 5.74) is 0. The van der Waals surface area contributed by atoms with Gasteiger partial charge in [0.15, 0.2) is 6.29 Å². The molecule has 0 saturated heterocycles. The van der Waals surface area contributed by atoms with E-state index in [9.17, 15) is 9.59 Å². The Hall–Kier alpha value is -1.36. The Balaban J connectivity index is 3.06. The lowest BCUT2D eigenvalue weighted by molar-refractivity contribution is 0.0606. The highest BCUT2D eigenvalue weighted by Gasteiger charge is 2.14. The van der Waals surface area contributed by atoms with E-state index in [1.807, 2.05) is 0 Å². The van der Waals surface area contributed by atoms with Crippen molar-refractivity contribution in [1.29, 1.82) is 0 Å². The molecule has 0 spiro atoms. The standard InChI is InChI=1S/C8H8O4S/c1-11-5-3-6(8(10)12-2)13-7(5)4-9/h3-4H,1-2H3. The smallest absolute Gasteiger partial charge is 0.348 e. The fourth-order valence-electron chi connectivity index (χ4n) is 0.831. The summed E-state index contributed by atoms with van der Waals surface area (Å²) < 4.78 is 9.38. The van der Waals surface area contributed by atoms with Crippen molar-refractivity contribution in [2.24, 2.45) is 0 Å².